The van der Waals surface area contributed by atoms with Crippen molar-refractivity contribution < 1.29 is 9.18 Å². The summed E-state index contributed by atoms with van der Waals surface area (Å²) in [6, 6.07) is 4.33. The van der Waals surface area contributed by atoms with Gasteiger partial charge in [0.25, 0.3) is 0 Å². The highest BCUT2D eigenvalue weighted by Gasteiger charge is 2.11. The fourth-order valence-corrected chi connectivity index (χ4v) is 1.49. The Morgan fingerprint density at radius 2 is 2.25 bits per heavy atom. The van der Waals surface area contributed by atoms with Gasteiger partial charge < -0.3 is 5.32 Å². The molecule has 2 nitrogen and oxygen atoms in total. The van der Waals surface area contributed by atoms with Gasteiger partial charge in [-0.25, -0.2) is 4.39 Å². The van der Waals surface area contributed by atoms with Gasteiger partial charge in [0.1, 0.15) is 5.82 Å². The van der Waals surface area contributed by atoms with E-state index in [0.29, 0.717) is 11.0 Å². The minimum absolute atomic E-state index is 0.0776. The average Bonchev–Trinajstić information content (AvgIpc) is 2.21. The van der Waals surface area contributed by atoms with Gasteiger partial charge >= 0.3 is 0 Å². The molecule has 1 aromatic rings. The van der Waals surface area contributed by atoms with Crippen LogP contribution in [0, 0.1) is 5.82 Å². The molecular formula is C11H10BrClFNO. The zero-order valence-corrected chi connectivity index (χ0v) is 10.7. The lowest BCUT2D eigenvalue weighted by molar-refractivity contribution is -0.120. The van der Waals surface area contributed by atoms with E-state index in [4.69, 9.17) is 11.6 Å². The van der Waals surface area contributed by atoms with Crippen LogP contribution in [-0.2, 0) is 11.2 Å². The lowest BCUT2D eigenvalue weighted by atomic mass is 10.1. The fraction of sp³-hybridized carbons (Fsp3) is 0.182. The predicted molar refractivity (Wildman–Crippen MR) is 66.2 cm³/mol. The number of nitrogens with one attached hydrogen (secondary N) is 1. The van der Waals surface area contributed by atoms with E-state index >= 15 is 0 Å². The number of hydrogen-bond acceptors (Lipinski definition) is 1. The monoisotopic (exact) mass is 305 g/mol. The summed E-state index contributed by atoms with van der Waals surface area (Å²) in [7, 11) is 0. The van der Waals surface area contributed by atoms with Crippen LogP contribution in [0.1, 0.15) is 5.56 Å². The van der Waals surface area contributed by atoms with Crippen LogP contribution in [0.15, 0.2) is 29.3 Å². The third-order valence-electron chi connectivity index (χ3n) is 1.88. The normalized spacial score (nSPS) is 9.94. The highest BCUT2D eigenvalue weighted by Crippen LogP contribution is 2.19. The van der Waals surface area contributed by atoms with Crippen LogP contribution in [0.5, 0.6) is 0 Å². The number of rotatable bonds is 4. The summed E-state index contributed by atoms with van der Waals surface area (Å²) in [6.45, 7) is 3.88. The molecule has 0 bridgehead atoms. The Hall–Kier alpha value is -0.870. The molecule has 1 amide bonds. The Balaban J connectivity index is 2.66. The molecular weight excluding hydrogens is 296 g/mol. The standard InChI is InChI=1S/C11H10BrClFNO/c1-7(12)6-15-11(16)5-8-9(13)3-2-4-10(8)14/h2-4H,1,5-6H2,(H,15,16). The van der Waals surface area contributed by atoms with Crippen LogP contribution in [0.4, 0.5) is 4.39 Å². The van der Waals surface area contributed by atoms with Gasteiger partial charge in [-0.05, 0) is 12.1 Å². The predicted octanol–water partition coefficient (Wildman–Crippen LogP) is 3.05. The van der Waals surface area contributed by atoms with Gasteiger partial charge in [-0.15, -0.1) is 0 Å². The third-order valence-corrected chi connectivity index (χ3v) is 2.51. The third kappa shape index (κ3) is 3.94. The Morgan fingerprint density at radius 3 is 2.81 bits per heavy atom. The van der Waals surface area contributed by atoms with Crippen molar-refractivity contribution in [1.29, 1.82) is 0 Å². The Labute approximate surface area is 107 Å². The van der Waals surface area contributed by atoms with Crippen molar-refractivity contribution in [1.82, 2.24) is 5.32 Å². The zero-order valence-electron chi connectivity index (χ0n) is 8.40. The molecule has 0 radical (unpaired) electrons. The summed E-state index contributed by atoms with van der Waals surface area (Å²) in [6.07, 6.45) is -0.0776. The fourth-order valence-electron chi connectivity index (χ4n) is 1.12. The van der Waals surface area contributed by atoms with Crippen LogP contribution in [0.3, 0.4) is 0 Å². The SMILES string of the molecule is C=C(Br)CNC(=O)Cc1c(F)cccc1Cl. The summed E-state index contributed by atoms with van der Waals surface area (Å²) in [5, 5.41) is 2.83. The summed E-state index contributed by atoms with van der Waals surface area (Å²) in [5.41, 5.74) is 0.210. The van der Waals surface area contributed by atoms with Crippen LogP contribution < -0.4 is 5.32 Å². The first-order chi connectivity index (χ1) is 7.50. The Kier molecular flexibility index (Phi) is 4.96. The minimum atomic E-state index is -0.472. The molecule has 0 atom stereocenters. The second-order valence-corrected chi connectivity index (χ2v) is 4.70. The van der Waals surface area contributed by atoms with Gasteiger partial charge in [0.2, 0.25) is 5.91 Å². The highest BCUT2D eigenvalue weighted by molar-refractivity contribution is 9.11. The van der Waals surface area contributed by atoms with Crippen molar-refractivity contribution in [3.05, 3.63) is 45.7 Å². The smallest absolute Gasteiger partial charge is 0.224 e. The minimum Gasteiger partial charge on any atom is -0.351 e. The summed E-state index contributed by atoms with van der Waals surface area (Å²) in [5.74, 6) is -0.770. The maximum absolute atomic E-state index is 13.3. The van der Waals surface area contributed by atoms with E-state index in [9.17, 15) is 9.18 Å². The first kappa shape index (κ1) is 13.2. The van der Waals surface area contributed by atoms with Crippen LogP contribution in [-0.4, -0.2) is 12.5 Å². The molecule has 0 heterocycles. The molecule has 0 aliphatic carbocycles. The largest absolute Gasteiger partial charge is 0.351 e. The van der Waals surface area contributed by atoms with Crippen LogP contribution >= 0.6 is 27.5 Å². The highest BCUT2D eigenvalue weighted by atomic mass is 79.9. The van der Waals surface area contributed by atoms with E-state index in [2.05, 4.69) is 27.8 Å². The van der Waals surface area contributed by atoms with E-state index in [1.165, 1.54) is 12.1 Å². The molecule has 0 aliphatic rings. The summed E-state index contributed by atoms with van der Waals surface area (Å²) < 4.78 is 14.0. The molecule has 0 aliphatic heterocycles. The molecule has 0 unspecified atom stereocenters. The van der Waals surface area contributed by atoms with Crippen molar-refractivity contribution in [3.8, 4) is 0 Å². The quantitative estimate of drug-likeness (QED) is 0.910. The summed E-state index contributed by atoms with van der Waals surface area (Å²) in [4.78, 5) is 11.4. The molecule has 86 valence electrons. The number of hydrogen-bond donors (Lipinski definition) is 1. The first-order valence-electron chi connectivity index (χ1n) is 4.53. The molecule has 0 fully saturated rings. The van der Waals surface area contributed by atoms with Gasteiger partial charge in [-0.1, -0.05) is 40.2 Å². The number of carbonyl (C=O) groups excluding carboxylic acids is 1. The van der Waals surface area contributed by atoms with Gasteiger partial charge in [-0.3, -0.25) is 4.79 Å². The van der Waals surface area contributed by atoms with E-state index in [1.807, 2.05) is 0 Å². The molecule has 0 spiro atoms. The first-order valence-corrected chi connectivity index (χ1v) is 5.70. The Morgan fingerprint density at radius 1 is 1.56 bits per heavy atom. The van der Waals surface area contributed by atoms with E-state index in [1.54, 1.807) is 6.07 Å². The molecule has 1 rings (SSSR count). The molecule has 1 aromatic carbocycles. The molecule has 0 saturated heterocycles. The number of halogens is 3. The lowest BCUT2D eigenvalue weighted by Gasteiger charge is -2.06. The van der Waals surface area contributed by atoms with Gasteiger partial charge in [0.05, 0.1) is 6.42 Å². The molecule has 0 saturated carbocycles. The maximum atomic E-state index is 13.3. The van der Waals surface area contributed by atoms with Crippen molar-refractivity contribution in [2.45, 2.75) is 6.42 Å². The number of amides is 1. The second kappa shape index (κ2) is 6.01. The molecule has 5 heteroatoms. The molecule has 1 N–H and O–H groups in total. The van der Waals surface area contributed by atoms with Gasteiger partial charge in [0, 0.05) is 21.6 Å². The van der Waals surface area contributed by atoms with Gasteiger partial charge in [0.15, 0.2) is 0 Å². The lowest BCUT2D eigenvalue weighted by Crippen LogP contribution is -2.26. The van der Waals surface area contributed by atoms with Crippen molar-refractivity contribution in [3.63, 3.8) is 0 Å². The van der Waals surface area contributed by atoms with E-state index in [-0.39, 0.29) is 22.9 Å². The number of benzene rings is 1. The molecule has 0 aromatic heterocycles. The van der Waals surface area contributed by atoms with Crippen molar-refractivity contribution in [2.24, 2.45) is 0 Å². The van der Waals surface area contributed by atoms with Crippen molar-refractivity contribution in [2.75, 3.05) is 6.54 Å². The average molecular weight is 307 g/mol. The van der Waals surface area contributed by atoms with Crippen LogP contribution in [0.2, 0.25) is 5.02 Å². The molecule has 16 heavy (non-hydrogen) atoms. The topological polar surface area (TPSA) is 29.1 Å². The van der Waals surface area contributed by atoms with Crippen molar-refractivity contribution >= 4 is 33.4 Å². The summed E-state index contributed by atoms with van der Waals surface area (Å²) >= 11 is 8.90. The van der Waals surface area contributed by atoms with Crippen LogP contribution in [0.25, 0.3) is 0 Å². The maximum Gasteiger partial charge on any atom is 0.224 e. The van der Waals surface area contributed by atoms with E-state index in [0.717, 1.165) is 0 Å². The Bertz CT molecular complexity index is 402. The number of carbonyl (C=O) groups is 1. The van der Waals surface area contributed by atoms with E-state index < -0.39 is 5.82 Å². The second-order valence-electron chi connectivity index (χ2n) is 3.17. The van der Waals surface area contributed by atoms with Gasteiger partial charge in [-0.2, -0.15) is 0 Å². The zero-order chi connectivity index (χ0) is 12.1.